The summed E-state index contributed by atoms with van der Waals surface area (Å²) in [6.07, 6.45) is 2.54. The predicted molar refractivity (Wildman–Crippen MR) is 99.1 cm³/mol. The Morgan fingerprint density at radius 2 is 1.96 bits per heavy atom. The second-order valence-electron chi connectivity index (χ2n) is 6.50. The number of fused-ring (bicyclic) bond motifs is 1. The molecule has 0 amide bonds. The number of aromatic nitrogens is 2. The van der Waals surface area contributed by atoms with E-state index in [2.05, 4.69) is 40.0 Å². The standard InChI is InChI=1S/C20H21N3O2/c1-13-11-14(6-8-18(13)23-9-3-4-10-23)19-21-16-7-5-15(20(24)25-2)12-17(16)22-19/h5-8,11-12H,3-4,9-10H2,1-2H3,(H,21,22). The van der Waals surface area contributed by atoms with Gasteiger partial charge in [-0.25, -0.2) is 9.78 Å². The van der Waals surface area contributed by atoms with Crippen molar-refractivity contribution in [3.63, 3.8) is 0 Å². The van der Waals surface area contributed by atoms with E-state index in [4.69, 9.17) is 4.74 Å². The molecule has 1 saturated heterocycles. The highest BCUT2D eigenvalue weighted by molar-refractivity contribution is 5.94. The zero-order valence-electron chi connectivity index (χ0n) is 14.5. The summed E-state index contributed by atoms with van der Waals surface area (Å²) >= 11 is 0. The third-order valence-electron chi connectivity index (χ3n) is 4.82. The molecule has 0 radical (unpaired) electrons. The van der Waals surface area contributed by atoms with Crippen molar-refractivity contribution in [2.75, 3.05) is 25.1 Å². The Kier molecular flexibility index (Phi) is 3.92. The average molecular weight is 335 g/mol. The van der Waals surface area contributed by atoms with Crippen LogP contribution in [0.1, 0.15) is 28.8 Å². The fourth-order valence-corrected chi connectivity index (χ4v) is 3.51. The predicted octanol–water partition coefficient (Wildman–Crippen LogP) is 3.93. The second kappa shape index (κ2) is 6.24. The molecular weight excluding hydrogens is 314 g/mol. The molecule has 1 fully saturated rings. The van der Waals surface area contributed by atoms with Crippen molar-refractivity contribution in [1.29, 1.82) is 0 Å². The second-order valence-corrected chi connectivity index (χ2v) is 6.50. The first kappa shape index (κ1) is 15.7. The van der Waals surface area contributed by atoms with Gasteiger partial charge in [0.25, 0.3) is 0 Å². The summed E-state index contributed by atoms with van der Waals surface area (Å²) in [5.74, 6) is 0.469. The van der Waals surface area contributed by atoms with Gasteiger partial charge < -0.3 is 14.6 Å². The van der Waals surface area contributed by atoms with Gasteiger partial charge >= 0.3 is 5.97 Å². The van der Waals surface area contributed by atoms with Gasteiger partial charge in [0.2, 0.25) is 0 Å². The number of carbonyl (C=O) groups is 1. The van der Waals surface area contributed by atoms with E-state index in [1.807, 2.05) is 6.07 Å². The minimum atomic E-state index is -0.344. The number of aromatic amines is 1. The molecule has 1 N–H and O–H groups in total. The molecule has 0 bridgehead atoms. The smallest absolute Gasteiger partial charge is 0.337 e. The number of carbonyl (C=O) groups excluding carboxylic acids is 1. The van der Waals surface area contributed by atoms with Gasteiger partial charge in [0, 0.05) is 24.3 Å². The van der Waals surface area contributed by atoms with E-state index in [-0.39, 0.29) is 5.97 Å². The number of ether oxygens (including phenoxy) is 1. The molecule has 0 unspecified atom stereocenters. The minimum absolute atomic E-state index is 0.344. The number of rotatable bonds is 3. The number of hydrogen-bond donors (Lipinski definition) is 1. The van der Waals surface area contributed by atoms with Crippen LogP contribution in [0.4, 0.5) is 5.69 Å². The fourth-order valence-electron chi connectivity index (χ4n) is 3.51. The van der Waals surface area contributed by atoms with Gasteiger partial charge in [-0.1, -0.05) is 0 Å². The molecule has 5 heteroatoms. The maximum Gasteiger partial charge on any atom is 0.337 e. The molecule has 128 valence electrons. The summed E-state index contributed by atoms with van der Waals surface area (Å²) in [5, 5.41) is 0. The number of nitrogens with zero attached hydrogens (tertiary/aromatic N) is 2. The third kappa shape index (κ3) is 2.86. The molecule has 2 heterocycles. The minimum Gasteiger partial charge on any atom is -0.465 e. The molecule has 0 atom stereocenters. The molecule has 4 rings (SSSR count). The molecule has 25 heavy (non-hydrogen) atoms. The summed E-state index contributed by atoms with van der Waals surface area (Å²) in [5.41, 5.74) is 5.81. The fraction of sp³-hybridized carbons (Fsp3) is 0.300. The van der Waals surface area contributed by atoms with Crippen molar-refractivity contribution in [3.05, 3.63) is 47.5 Å². The monoisotopic (exact) mass is 335 g/mol. The lowest BCUT2D eigenvalue weighted by atomic mass is 10.1. The number of esters is 1. The van der Waals surface area contributed by atoms with Gasteiger partial charge in [0.1, 0.15) is 5.82 Å². The van der Waals surface area contributed by atoms with E-state index in [0.29, 0.717) is 5.56 Å². The maximum absolute atomic E-state index is 11.7. The van der Waals surface area contributed by atoms with E-state index < -0.39 is 0 Å². The van der Waals surface area contributed by atoms with Crippen molar-refractivity contribution in [3.8, 4) is 11.4 Å². The maximum atomic E-state index is 11.7. The number of anilines is 1. The topological polar surface area (TPSA) is 58.2 Å². The normalized spacial score (nSPS) is 14.2. The van der Waals surface area contributed by atoms with Crippen LogP contribution in [0.5, 0.6) is 0 Å². The van der Waals surface area contributed by atoms with Gasteiger partial charge in [0.05, 0.1) is 23.7 Å². The van der Waals surface area contributed by atoms with Crippen molar-refractivity contribution >= 4 is 22.7 Å². The number of nitrogens with one attached hydrogen (secondary N) is 1. The quantitative estimate of drug-likeness (QED) is 0.737. The van der Waals surface area contributed by atoms with Crippen LogP contribution in [0.3, 0.4) is 0 Å². The van der Waals surface area contributed by atoms with E-state index in [9.17, 15) is 4.79 Å². The SMILES string of the molecule is COC(=O)c1ccc2nc(-c3ccc(N4CCCC4)c(C)c3)[nH]c2c1. The number of hydrogen-bond acceptors (Lipinski definition) is 4. The molecule has 1 aromatic heterocycles. The molecular formula is C20H21N3O2. The van der Waals surface area contributed by atoms with Crippen LogP contribution < -0.4 is 4.90 Å². The molecule has 0 aliphatic carbocycles. The average Bonchev–Trinajstić information content (AvgIpc) is 3.29. The highest BCUT2D eigenvalue weighted by atomic mass is 16.5. The van der Waals surface area contributed by atoms with Crippen LogP contribution in [0.25, 0.3) is 22.4 Å². The summed E-state index contributed by atoms with van der Waals surface area (Å²) in [7, 11) is 1.38. The molecule has 2 aromatic carbocycles. The van der Waals surface area contributed by atoms with E-state index >= 15 is 0 Å². The Labute approximate surface area is 146 Å². The molecule has 5 nitrogen and oxygen atoms in total. The lowest BCUT2D eigenvalue weighted by Crippen LogP contribution is -2.18. The van der Waals surface area contributed by atoms with Gasteiger partial charge in [-0.15, -0.1) is 0 Å². The van der Waals surface area contributed by atoms with Crippen molar-refractivity contribution in [1.82, 2.24) is 9.97 Å². The lowest BCUT2D eigenvalue weighted by molar-refractivity contribution is 0.0601. The largest absolute Gasteiger partial charge is 0.465 e. The first-order chi connectivity index (χ1) is 12.2. The number of imidazole rings is 1. The number of benzene rings is 2. The summed E-state index contributed by atoms with van der Waals surface area (Å²) < 4.78 is 4.78. The van der Waals surface area contributed by atoms with Crippen LogP contribution in [0.15, 0.2) is 36.4 Å². The molecule has 0 saturated carbocycles. The molecule has 1 aliphatic rings. The van der Waals surface area contributed by atoms with Crippen LogP contribution >= 0.6 is 0 Å². The third-order valence-corrected chi connectivity index (χ3v) is 4.82. The zero-order valence-corrected chi connectivity index (χ0v) is 14.5. The number of methoxy groups -OCH3 is 1. The first-order valence-electron chi connectivity index (χ1n) is 8.60. The van der Waals surface area contributed by atoms with E-state index in [1.165, 1.54) is 31.2 Å². The van der Waals surface area contributed by atoms with Crippen LogP contribution in [-0.4, -0.2) is 36.1 Å². The van der Waals surface area contributed by atoms with E-state index in [0.717, 1.165) is 35.5 Å². The highest BCUT2D eigenvalue weighted by Gasteiger charge is 2.15. The summed E-state index contributed by atoms with van der Waals surface area (Å²) in [6.45, 7) is 4.43. The Bertz CT molecular complexity index is 939. The van der Waals surface area contributed by atoms with Crippen molar-refractivity contribution in [2.45, 2.75) is 19.8 Å². The molecule has 1 aliphatic heterocycles. The van der Waals surface area contributed by atoms with E-state index in [1.54, 1.807) is 12.1 Å². The molecule has 3 aromatic rings. The van der Waals surface area contributed by atoms with Crippen LogP contribution in [-0.2, 0) is 4.74 Å². The van der Waals surface area contributed by atoms with Gasteiger partial charge in [-0.2, -0.15) is 0 Å². The number of H-pyrrole nitrogens is 1. The first-order valence-corrected chi connectivity index (χ1v) is 8.60. The van der Waals surface area contributed by atoms with Crippen molar-refractivity contribution in [2.24, 2.45) is 0 Å². The van der Waals surface area contributed by atoms with Crippen LogP contribution in [0.2, 0.25) is 0 Å². The number of aryl methyl sites for hydroxylation is 1. The van der Waals surface area contributed by atoms with Gasteiger partial charge in [-0.3, -0.25) is 0 Å². The van der Waals surface area contributed by atoms with Crippen molar-refractivity contribution < 1.29 is 9.53 Å². The zero-order chi connectivity index (χ0) is 17.4. The lowest BCUT2D eigenvalue weighted by Gasteiger charge is -2.20. The molecule has 0 spiro atoms. The van der Waals surface area contributed by atoms with Gasteiger partial charge in [-0.05, 0) is 61.7 Å². The summed E-state index contributed by atoms with van der Waals surface area (Å²) in [6, 6.07) is 11.8. The Hall–Kier alpha value is -2.82. The van der Waals surface area contributed by atoms with Gasteiger partial charge in [0.15, 0.2) is 0 Å². The Morgan fingerprint density at radius 1 is 1.16 bits per heavy atom. The Morgan fingerprint density at radius 3 is 2.68 bits per heavy atom. The Balaban J connectivity index is 1.69. The summed E-state index contributed by atoms with van der Waals surface area (Å²) in [4.78, 5) is 22.1. The van der Waals surface area contributed by atoms with Crippen LogP contribution in [0, 0.1) is 6.92 Å². The highest BCUT2D eigenvalue weighted by Crippen LogP contribution is 2.29.